The lowest BCUT2D eigenvalue weighted by atomic mass is 9.94. The topological polar surface area (TPSA) is 42.2 Å². The maximum atomic E-state index is 5.65. The fraction of sp³-hybridized carbons (Fsp3) is 0.571. The van der Waals surface area contributed by atoms with Gasteiger partial charge in [0.25, 0.3) is 0 Å². The fourth-order valence-electron chi connectivity index (χ4n) is 2.78. The minimum Gasteiger partial charge on any atom is -0.388 e. The van der Waals surface area contributed by atoms with Crippen LogP contribution in [-0.2, 0) is 0 Å². The molecule has 1 heterocycles. The molecule has 4 heteroatoms. The highest BCUT2D eigenvalue weighted by atomic mass is 32.1. The van der Waals surface area contributed by atoms with Crippen molar-refractivity contribution in [2.75, 3.05) is 11.4 Å². The van der Waals surface area contributed by atoms with Crippen LogP contribution >= 0.6 is 12.2 Å². The average Bonchev–Trinajstić information content (AvgIpc) is 2.41. The van der Waals surface area contributed by atoms with Crippen molar-refractivity contribution < 1.29 is 0 Å². The molecule has 2 rings (SSSR count). The zero-order valence-corrected chi connectivity index (χ0v) is 11.7. The molecule has 1 aromatic heterocycles. The van der Waals surface area contributed by atoms with Gasteiger partial charge in [0.05, 0.1) is 5.69 Å². The van der Waals surface area contributed by atoms with E-state index in [4.69, 9.17) is 18.0 Å². The van der Waals surface area contributed by atoms with Gasteiger partial charge < -0.3 is 10.6 Å². The van der Waals surface area contributed by atoms with Crippen LogP contribution in [0.2, 0.25) is 0 Å². The molecular formula is C14H21N3S. The van der Waals surface area contributed by atoms with Crippen molar-refractivity contribution in [2.24, 2.45) is 5.73 Å². The lowest BCUT2D eigenvalue weighted by Crippen LogP contribution is -2.36. The molecule has 0 saturated heterocycles. The van der Waals surface area contributed by atoms with Crippen molar-refractivity contribution in [3.63, 3.8) is 0 Å². The van der Waals surface area contributed by atoms with Crippen LogP contribution in [-0.4, -0.2) is 22.6 Å². The van der Waals surface area contributed by atoms with Crippen LogP contribution in [0.15, 0.2) is 18.3 Å². The van der Waals surface area contributed by atoms with Crippen LogP contribution in [0.1, 0.15) is 44.7 Å². The van der Waals surface area contributed by atoms with E-state index in [1.807, 2.05) is 6.07 Å². The highest BCUT2D eigenvalue weighted by molar-refractivity contribution is 7.80. The molecule has 1 fully saturated rings. The Bertz CT molecular complexity index is 413. The third-order valence-electron chi connectivity index (χ3n) is 3.68. The van der Waals surface area contributed by atoms with Crippen molar-refractivity contribution in [1.29, 1.82) is 0 Å². The van der Waals surface area contributed by atoms with Gasteiger partial charge in [-0.2, -0.15) is 0 Å². The lowest BCUT2D eigenvalue weighted by molar-refractivity contribution is 0.418. The van der Waals surface area contributed by atoms with Crippen molar-refractivity contribution in [2.45, 2.75) is 45.1 Å². The highest BCUT2D eigenvalue weighted by Gasteiger charge is 2.20. The quantitative estimate of drug-likeness (QED) is 0.848. The number of hydrogen-bond donors (Lipinski definition) is 1. The Morgan fingerprint density at radius 2 is 2.17 bits per heavy atom. The molecule has 0 radical (unpaired) electrons. The molecule has 0 aliphatic heterocycles. The Balaban J connectivity index is 2.20. The predicted molar refractivity (Wildman–Crippen MR) is 80.0 cm³/mol. The van der Waals surface area contributed by atoms with E-state index in [9.17, 15) is 0 Å². The SMILES string of the molecule is CCN(c1ccnc(C(N)=S)c1)C1CCCCC1. The molecule has 0 aromatic carbocycles. The molecule has 0 bridgehead atoms. The Morgan fingerprint density at radius 3 is 2.78 bits per heavy atom. The van der Waals surface area contributed by atoms with Crippen LogP contribution in [0, 0.1) is 0 Å². The van der Waals surface area contributed by atoms with Gasteiger partial charge in [0, 0.05) is 24.5 Å². The normalized spacial score (nSPS) is 16.5. The summed E-state index contributed by atoms with van der Waals surface area (Å²) >= 11 is 5.00. The first-order valence-electron chi connectivity index (χ1n) is 6.75. The van der Waals surface area contributed by atoms with E-state index in [1.54, 1.807) is 6.20 Å². The third kappa shape index (κ3) is 2.99. The van der Waals surface area contributed by atoms with Gasteiger partial charge in [0.15, 0.2) is 0 Å². The van der Waals surface area contributed by atoms with Gasteiger partial charge in [0.2, 0.25) is 0 Å². The van der Waals surface area contributed by atoms with E-state index in [2.05, 4.69) is 22.9 Å². The monoisotopic (exact) mass is 263 g/mol. The number of thiocarbonyl (C=S) groups is 1. The summed E-state index contributed by atoms with van der Waals surface area (Å²) in [5.41, 5.74) is 7.57. The van der Waals surface area contributed by atoms with Crippen LogP contribution in [0.25, 0.3) is 0 Å². The Morgan fingerprint density at radius 1 is 1.44 bits per heavy atom. The van der Waals surface area contributed by atoms with Crippen LogP contribution in [0.5, 0.6) is 0 Å². The summed E-state index contributed by atoms with van der Waals surface area (Å²) in [7, 11) is 0. The molecule has 3 nitrogen and oxygen atoms in total. The lowest BCUT2D eigenvalue weighted by Gasteiger charge is -2.35. The van der Waals surface area contributed by atoms with Crippen molar-refractivity contribution in [1.82, 2.24) is 4.98 Å². The Kier molecular flexibility index (Phi) is 4.53. The second-order valence-corrected chi connectivity index (χ2v) is 5.28. The number of nitrogens with zero attached hydrogens (tertiary/aromatic N) is 2. The van der Waals surface area contributed by atoms with Gasteiger partial charge in [-0.3, -0.25) is 4.98 Å². The fourth-order valence-corrected chi connectivity index (χ4v) is 2.89. The largest absolute Gasteiger partial charge is 0.388 e. The van der Waals surface area contributed by atoms with Crippen LogP contribution in [0.4, 0.5) is 5.69 Å². The van der Waals surface area contributed by atoms with E-state index in [0.717, 1.165) is 12.2 Å². The van der Waals surface area contributed by atoms with Gasteiger partial charge in [-0.1, -0.05) is 31.5 Å². The minimum absolute atomic E-state index is 0.372. The molecule has 0 spiro atoms. The van der Waals surface area contributed by atoms with E-state index in [-0.39, 0.29) is 0 Å². The summed E-state index contributed by atoms with van der Waals surface area (Å²) in [6.07, 6.45) is 8.44. The first-order chi connectivity index (χ1) is 8.72. The smallest absolute Gasteiger partial charge is 0.122 e. The zero-order valence-electron chi connectivity index (χ0n) is 10.9. The number of aromatic nitrogens is 1. The standard InChI is InChI=1S/C14H21N3S/c1-2-17(11-6-4-3-5-7-11)12-8-9-16-13(10-12)14(15)18/h8-11H,2-7H2,1H3,(H2,15,18). The maximum absolute atomic E-state index is 5.65. The minimum atomic E-state index is 0.372. The molecule has 0 unspecified atom stereocenters. The molecule has 1 aliphatic carbocycles. The van der Waals surface area contributed by atoms with Crippen molar-refractivity contribution in [3.05, 3.63) is 24.0 Å². The average molecular weight is 263 g/mol. The first-order valence-corrected chi connectivity index (χ1v) is 7.15. The number of nitrogens with two attached hydrogens (primary N) is 1. The number of pyridine rings is 1. The second-order valence-electron chi connectivity index (χ2n) is 4.84. The van der Waals surface area contributed by atoms with Crippen LogP contribution in [0.3, 0.4) is 0 Å². The third-order valence-corrected chi connectivity index (χ3v) is 3.89. The van der Waals surface area contributed by atoms with Crippen LogP contribution < -0.4 is 10.6 Å². The molecule has 1 saturated carbocycles. The number of anilines is 1. The molecule has 2 N–H and O–H groups in total. The van der Waals surface area contributed by atoms with E-state index >= 15 is 0 Å². The van der Waals surface area contributed by atoms with Gasteiger partial charge in [-0.05, 0) is 31.9 Å². The summed E-state index contributed by atoms with van der Waals surface area (Å²) in [6.45, 7) is 3.22. The Hall–Kier alpha value is -1.16. The zero-order chi connectivity index (χ0) is 13.0. The van der Waals surface area contributed by atoms with Gasteiger partial charge >= 0.3 is 0 Å². The maximum Gasteiger partial charge on any atom is 0.122 e. The first kappa shape index (κ1) is 13.3. The molecule has 0 amide bonds. The summed E-state index contributed by atoms with van der Waals surface area (Å²) in [5, 5.41) is 0. The van der Waals surface area contributed by atoms with Crippen molar-refractivity contribution in [3.8, 4) is 0 Å². The summed E-state index contributed by atoms with van der Waals surface area (Å²) in [5.74, 6) is 0. The summed E-state index contributed by atoms with van der Waals surface area (Å²) < 4.78 is 0. The number of rotatable bonds is 4. The van der Waals surface area contributed by atoms with Gasteiger partial charge in [-0.15, -0.1) is 0 Å². The Labute approximate surface area is 114 Å². The van der Waals surface area contributed by atoms with E-state index in [0.29, 0.717) is 11.0 Å². The molecule has 1 aromatic rings. The van der Waals surface area contributed by atoms with Gasteiger partial charge in [-0.25, -0.2) is 0 Å². The molecule has 1 aliphatic rings. The molecule has 98 valence electrons. The summed E-state index contributed by atoms with van der Waals surface area (Å²) in [6, 6.07) is 4.73. The van der Waals surface area contributed by atoms with E-state index < -0.39 is 0 Å². The van der Waals surface area contributed by atoms with Gasteiger partial charge in [0.1, 0.15) is 4.99 Å². The molecular weight excluding hydrogens is 242 g/mol. The highest BCUT2D eigenvalue weighted by Crippen LogP contribution is 2.27. The summed E-state index contributed by atoms with van der Waals surface area (Å²) in [4.78, 5) is 7.04. The number of hydrogen-bond acceptors (Lipinski definition) is 3. The second kappa shape index (κ2) is 6.14. The predicted octanol–water partition coefficient (Wildman–Crippen LogP) is 2.87. The molecule has 18 heavy (non-hydrogen) atoms. The molecule has 0 atom stereocenters. The van der Waals surface area contributed by atoms with E-state index in [1.165, 1.54) is 37.8 Å². The van der Waals surface area contributed by atoms with Crippen molar-refractivity contribution >= 4 is 22.9 Å².